The van der Waals surface area contributed by atoms with Crippen molar-refractivity contribution in [3.63, 3.8) is 0 Å². The Hall–Kier alpha value is -4.49. The number of amides is 1. The molecule has 6 rings (SSSR count). The summed E-state index contributed by atoms with van der Waals surface area (Å²) in [5.41, 5.74) is 3.21. The van der Waals surface area contributed by atoms with E-state index in [4.69, 9.17) is 0 Å². The largest absolute Gasteiger partial charge is 0.465 e. The van der Waals surface area contributed by atoms with E-state index in [1.807, 2.05) is 43.4 Å². The van der Waals surface area contributed by atoms with E-state index in [1.54, 1.807) is 16.9 Å². The van der Waals surface area contributed by atoms with E-state index >= 15 is 0 Å². The van der Waals surface area contributed by atoms with Crippen LogP contribution in [0.25, 0.3) is 42.6 Å². The predicted molar refractivity (Wildman–Crippen MR) is 132 cm³/mol. The first-order valence-electron chi connectivity index (χ1n) is 10.9. The molecule has 2 N–H and O–H groups in total. The van der Waals surface area contributed by atoms with Crippen LogP contribution in [0.4, 0.5) is 4.79 Å². The fourth-order valence-corrected chi connectivity index (χ4v) is 5.99. The number of fused-ring (bicyclic) bond motifs is 2. The van der Waals surface area contributed by atoms with Gasteiger partial charge in [0.2, 0.25) is 0 Å². The van der Waals surface area contributed by atoms with Crippen molar-refractivity contribution >= 4 is 38.3 Å². The lowest BCUT2D eigenvalue weighted by molar-refractivity contribution is 0.0738. The average molecular weight is 483 g/mol. The maximum Gasteiger partial charge on any atom is 0.407 e. The third kappa shape index (κ3) is 3.13. The molecule has 3 aromatic heterocycles. The Labute approximate surface area is 202 Å². The highest BCUT2D eigenvalue weighted by molar-refractivity contribution is 7.22. The van der Waals surface area contributed by atoms with E-state index in [0.717, 1.165) is 31.8 Å². The lowest BCUT2D eigenvalue weighted by Crippen LogP contribution is -2.45. The lowest BCUT2D eigenvalue weighted by atomic mass is 9.94. The van der Waals surface area contributed by atoms with E-state index < -0.39 is 12.1 Å². The number of hydrogen-bond donors (Lipinski definition) is 2. The van der Waals surface area contributed by atoms with Crippen LogP contribution in [0.2, 0.25) is 0 Å². The molecule has 5 aromatic rings. The number of rotatable bonds is 3. The molecule has 1 aliphatic heterocycles. The summed E-state index contributed by atoms with van der Waals surface area (Å²) in [6.07, 6.45) is 1.37. The molecule has 0 bridgehead atoms. The molecule has 0 radical (unpaired) electrons. The number of likely N-dealkylation sites (tertiary alicyclic amines) is 1. The molecule has 9 nitrogen and oxygen atoms in total. The Morgan fingerprint density at radius 3 is 2.80 bits per heavy atom. The van der Waals surface area contributed by atoms with Gasteiger partial charge < -0.3 is 5.11 Å². The molecule has 0 spiro atoms. The van der Waals surface area contributed by atoms with E-state index in [2.05, 4.69) is 21.4 Å². The molecule has 1 atom stereocenters. The Balaban J connectivity index is 1.56. The van der Waals surface area contributed by atoms with Crippen molar-refractivity contribution in [2.75, 3.05) is 6.54 Å². The number of H-pyrrole nitrogens is 1. The van der Waals surface area contributed by atoms with Crippen molar-refractivity contribution in [2.24, 2.45) is 7.05 Å². The molecule has 1 saturated heterocycles. The third-order valence-electron chi connectivity index (χ3n) is 6.57. The van der Waals surface area contributed by atoms with Crippen molar-refractivity contribution in [3.05, 3.63) is 70.3 Å². The normalized spacial score (nSPS) is 15.3. The minimum Gasteiger partial charge on any atom is -0.465 e. The van der Waals surface area contributed by atoms with Gasteiger partial charge >= 0.3 is 6.09 Å². The number of aromatic amines is 1. The van der Waals surface area contributed by atoms with Crippen molar-refractivity contribution < 1.29 is 9.90 Å². The number of hydrogen-bond acceptors (Lipinski definition) is 6. The SMILES string of the molecule is Cn1ncc(-c2ccc3c(=O)[nH]nc(C4CCN4C(=O)O)c3c2)c1-c1sc2ccccc2c1C#N. The average Bonchev–Trinajstić information content (AvgIpc) is 3.39. The van der Waals surface area contributed by atoms with Crippen LogP contribution < -0.4 is 5.56 Å². The van der Waals surface area contributed by atoms with E-state index in [-0.39, 0.29) is 5.56 Å². The first-order valence-corrected chi connectivity index (χ1v) is 11.8. The molecule has 10 heteroatoms. The maximum absolute atomic E-state index is 12.5. The predicted octanol–water partition coefficient (Wildman–Crippen LogP) is 4.50. The summed E-state index contributed by atoms with van der Waals surface area (Å²) in [5, 5.41) is 32.6. The van der Waals surface area contributed by atoms with Crippen LogP contribution in [0, 0.1) is 11.3 Å². The second-order valence-electron chi connectivity index (χ2n) is 8.42. The van der Waals surface area contributed by atoms with Gasteiger partial charge in [-0.3, -0.25) is 14.4 Å². The lowest BCUT2D eigenvalue weighted by Gasteiger charge is -2.38. The summed E-state index contributed by atoms with van der Waals surface area (Å²) in [5.74, 6) is 0. The number of nitrogens with one attached hydrogen (secondary N) is 1. The zero-order valence-corrected chi connectivity index (χ0v) is 19.3. The van der Waals surface area contributed by atoms with Crippen LogP contribution in [0.1, 0.15) is 23.7 Å². The van der Waals surface area contributed by atoms with Gasteiger partial charge in [-0.1, -0.05) is 24.3 Å². The van der Waals surface area contributed by atoms with Crippen LogP contribution in [-0.2, 0) is 7.05 Å². The fraction of sp³-hybridized carbons (Fsp3) is 0.160. The first kappa shape index (κ1) is 21.1. The van der Waals surface area contributed by atoms with Crippen LogP contribution >= 0.6 is 11.3 Å². The Bertz CT molecular complexity index is 1760. The molecule has 1 fully saturated rings. The summed E-state index contributed by atoms with van der Waals surface area (Å²) in [7, 11) is 1.84. The standard InChI is InChI=1S/C25H18N6O3S/c1-30-22(23-17(11-26)14-4-2-3-5-20(14)35-23)18(12-27-30)13-6-7-15-16(10-13)21(28-29-24(15)32)19-8-9-31(19)25(33)34/h2-7,10,12,19H,8-9H2,1H3,(H,29,32)(H,33,34). The number of nitriles is 1. The molecule has 1 aliphatic rings. The van der Waals surface area contributed by atoms with Gasteiger partial charge in [0.15, 0.2) is 0 Å². The molecule has 1 amide bonds. The van der Waals surface area contributed by atoms with Crippen LogP contribution in [0.15, 0.2) is 53.5 Å². The molecular formula is C25H18N6O3S. The number of aryl methyl sites for hydroxylation is 1. The van der Waals surface area contributed by atoms with Crippen molar-refractivity contribution in [2.45, 2.75) is 12.5 Å². The highest BCUT2D eigenvalue weighted by Gasteiger charge is 2.36. The second-order valence-corrected chi connectivity index (χ2v) is 9.48. The van der Waals surface area contributed by atoms with Gasteiger partial charge in [-0.2, -0.15) is 15.5 Å². The van der Waals surface area contributed by atoms with Gasteiger partial charge in [-0.15, -0.1) is 11.3 Å². The van der Waals surface area contributed by atoms with Crippen LogP contribution in [-0.4, -0.2) is 42.6 Å². The molecule has 0 saturated carbocycles. The number of aromatic nitrogens is 4. The van der Waals surface area contributed by atoms with Gasteiger partial charge in [0.25, 0.3) is 5.56 Å². The zero-order valence-electron chi connectivity index (χ0n) is 18.5. The minimum atomic E-state index is -1.01. The summed E-state index contributed by atoms with van der Waals surface area (Å²) in [6.45, 7) is 0.428. The topological polar surface area (TPSA) is 128 Å². The Morgan fingerprint density at radius 1 is 1.23 bits per heavy atom. The minimum absolute atomic E-state index is 0.334. The molecular weight excluding hydrogens is 464 g/mol. The molecule has 1 unspecified atom stereocenters. The molecule has 0 aliphatic carbocycles. The molecule has 2 aromatic carbocycles. The second kappa shape index (κ2) is 7.78. The van der Waals surface area contributed by atoms with Crippen molar-refractivity contribution in [1.82, 2.24) is 24.9 Å². The molecule has 35 heavy (non-hydrogen) atoms. The number of carbonyl (C=O) groups is 1. The van der Waals surface area contributed by atoms with Gasteiger partial charge in [-0.25, -0.2) is 9.89 Å². The third-order valence-corrected chi connectivity index (χ3v) is 7.75. The van der Waals surface area contributed by atoms with E-state index in [1.165, 1.54) is 16.2 Å². The van der Waals surface area contributed by atoms with Crippen molar-refractivity contribution in [3.8, 4) is 27.8 Å². The highest BCUT2D eigenvalue weighted by atomic mass is 32.1. The Morgan fingerprint density at radius 2 is 2.06 bits per heavy atom. The van der Waals surface area contributed by atoms with E-state index in [9.17, 15) is 20.0 Å². The smallest absolute Gasteiger partial charge is 0.407 e. The van der Waals surface area contributed by atoms with Gasteiger partial charge in [0, 0.05) is 34.6 Å². The summed E-state index contributed by atoms with van der Waals surface area (Å²) < 4.78 is 2.77. The van der Waals surface area contributed by atoms with Crippen LogP contribution in [0.5, 0.6) is 0 Å². The fourth-order valence-electron chi connectivity index (χ4n) is 4.75. The number of nitrogens with zero attached hydrogens (tertiary/aromatic N) is 5. The number of benzene rings is 2. The summed E-state index contributed by atoms with van der Waals surface area (Å²) >= 11 is 1.54. The van der Waals surface area contributed by atoms with Gasteiger partial charge in [-0.05, 0) is 30.2 Å². The summed E-state index contributed by atoms with van der Waals surface area (Å²) in [6, 6.07) is 15.2. The number of thiophene rings is 1. The highest BCUT2D eigenvalue weighted by Crippen LogP contribution is 2.43. The van der Waals surface area contributed by atoms with Crippen LogP contribution in [0.3, 0.4) is 0 Å². The number of carboxylic acid groups (broad SMARTS) is 1. The van der Waals surface area contributed by atoms with Gasteiger partial charge in [0.05, 0.1) is 39.5 Å². The first-order chi connectivity index (χ1) is 17.0. The van der Waals surface area contributed by atoms with Gasteiger partial charge in [0.1, 0.15) is 6.07 Å². The quantitative estimate of drug-likeness (QED) is 0.390. The molecule has 4 heterocycles. The van der Waals surface area contributed by atoms with E-state index in [0.29, 0.717) is 35.0 Å². The Kier molecular flexibility index (Phi) is 4.69. The summed E-state index contributed by atoms with van der Waals surface area (Å²) in [4.78, 5) is 26.2. The molecule has 172 valence electrons. The zero-order chi connectivity index (χ0) is 24.3. The van der Waals surface area contributed by atoms with Crippen molar-refractivity contribution in [1.29, 1.82) is 5.26 Å². The monoisotopic (exact) mass is 482 g/mol. The maximum atomic E-state index is 12.5.